The molecule has 2 aromatic rings. The quantitative estimate of drug-likeness (QED) is 0.874. The molecule has 1 radical (unpaired) electrons. The lowest BCUT2D eigenvalue weighted by molar-refractivity contribution is 0.258. The molecule has 4 nitrogen and oxygen atoms in total. The van der Waals surface area contributed by atoms with Crippen molar-refractivity contribution in [2.45, 2.75) is 12.5 Å². The number of rotatable bonds is 2. The molecule has 0 saturated heterocycles. The minimum Gasteiger partial charge on any atom is -0.306 e. The van der Waals surface area contributed by atoms with Crippen molar-refractivity contribution in [1.82, 2.24) is 10.6 Å². The van der Waals surface area contributed by atoms with Crippen LogP contribution in [-0.2, 0) is 6.54 Å². The van der Waals surface area contributed by atoms with Crippen molar-refractivity contribution in [2.75, 3.05) is 18.9 Å². The van der Waals surface area contributed by atoms with Crippen molar-refractivity contribution >= 4 is 34.9 Å². The SMILES string of the molecule is CN1Cc2c(Cl)cc(Cl)cc2C(c2ccccc2NC([NH])=O)C1. The normalized spacial score (nSPS) is 17.6. The second kappa shape index (κ2) is 6.40. The third-order valence-corrected chi connectivity index (χ3v) is 4.63. The first-order valence-corrected chi connectivity index (χ1v) is 7.99. The number of halogens is 2. The van der Waals surface area contributed by atoms with Gasteiger partial charge < -0.3 is 10.2 Å². The summed E-state index contributed by atoms with van der Waals surface area (Å²) in [4.78, 5) is 13.4. The summed E-state index contributed by atoms with van der Waals surface area (Å²) in [5, 5.41) is 3.85. The fraction of sp³-hybridized carbons (Fsp3) is 0.235. The van der Waals surface area contributed by atoms with Gasteiger partial charge in [0.15, 0.2) is 0 Å². The van der Waals surface area contributed by atoms with Crippen LogP contribution in [0.1, 0.15) is 22.6 Å². The van der Waals surface area contributed by atoms with E-state index in [-0.39, 0.29) is 5.92 Å². The molecule has 0 fully saturated rings. The zero-order valence-electron chi connectivity index (χ0n) is 12.6. The summed E-state index contributed by atoms with van der Waals surface area (Å²) in [6.45, 7) is 1.55. The highest BCUT2D eigenvalue weighted by Gasteiger charge is 2.28. The van der Waals surface area contributed by atoms with E-state index in [0.29, 0.717) is 15.7 Å². The van der Waals surface area contributed by atoms with E-state index in [1.54, 1.807) is 6.07 Å². The van der Waals surface area contributed by atoms with E-state index in [1.165, 1.54) is 0 Å². The highest BCUT2D eigenvalue weighted by molar-refractivity contribution is 6.35. The molecule has 0 aliphatic carbocycles. The second-order valence-electron chi connectivity index (χ2n) is 5.75. The van der Waals surface area contributed by atoms with Gasteiger partial charge in [-0.3, -0.25) is 0 Å². The van der Waals surface area contributed by atoms with E-state index < -0.39 is 6.03 Å². The number of likely N-dealkylation sites (N-methyl/N-ethyl adjacent to an activating group) is 1. The maximum atomic E-state index is 11.2. The first-order valence-electron chi connectivity index (χ1n) is 7.23. The molecule has 23 heavy (non-hydrogen) atoms. The van der Waals surface area contributed by atoms with E-state index in [0.717, 1.165) is 29.8 Å². The van der Waals surface area contributed by atoms with Crippen molar-refractivity contribution in [1.29, 1.82) is 0 Å². The summed E-state index contributed by atoms with van der Waals surface area (Å²) in [5.74, 6) is 0.0306. The van der Waals surface area contributed by atoms with Gasteiger partial charge in [0.2, 0.25) is 0 Å². The van der Waals surface area contributed by atoms with Gasteiger partial charge in [0.25, 0.3) is 0 Å². The summed E-state index contributed by atoms with van der Waals surface area (Å²) in [7, 11) is 2.03. The lowest BCUT2D eigenvalue weighted by atomic mass is 9.84. The van der Waals surface area contributed by atoms with Gasteiger partial charge in [-0.2, -0.15) is 0 Å². The number of nitrogens with zero attached hydrogens (tertiary/aromatic N) is 1. The first-order chi connectivity index (χ1) is 11.0. The van der Waals surface area contributed by atoms with Gasteiger partial charge in [-0.15, -0.1) is 0 Å². The van der Waals surface area contributed by atoms with E-state index in [4.69, 9.17) is 28.9 Å². The molecule has 2 N–H and O–H groups in total. The van der Waals surface area contributed by atoms with E-state index in [1.807, 2.05) is 37.4 Å². The highest BCUT2D eigenvalue weighted by atomic mass is 35.5. The third-order valence-electron chi connectivity index (χ3n) is 4.08. The predicted octanol–water partition coefficient (Wildman–Crippen LogP) is 4.39. The van der Waals surface area contributed by atoms with Gasteiger partial charge >= 0.3 is 6.03 Å². The van der Waals surface area contributed by atoms with Crippen LogP contribution >= 0.6 is 23.2 Å². The maximum Gasteiger partial charge on any atom is 0.337 e. The molecule has 0 spiro atoms. The van der Waals surface area contributed by atoms with Crippen LogP contribution in [0.25, 0.3) is 0 Å². The van der Waals surface area contributed by atoms with Crippen molar-refractivity contribution in [3.8, 4) is 0 Å². The number of amides is 2. The Bertz CT molecular complexity index is 763. The van der Waals surface area contributed by atoms with E-state index in [2.05, 4.69) is 10.2 Å². The van der Waals surface area contributed by atoms with Gasteiger partial charge in [0.05, 0.1) is 0 Å². The van der Waals surface area contributed by atoms with Crippen LogP contribution in [0.2, 0.25) is 10.0 Å². The van der Waals surface area contributed by atoms with Gasteiger partial charge in [0.1, 0.15) is 0 Å². The summed E-state index contributed by atoms with van der Waals surface area (Å²) >= 11 is 12.6. The first kappa shape index (κ1) is 16.1. The number of hydrogen-bond acceptors (Lipinski definition) is 2. The Balaban J connectivity index is 2.14. The molecule has 0 saturated carbocycles. The monoisotopic (exact) mass is 348 g/mol. The molecular formula is C17H16Cl2N3O. The van der Waals surface area contributed by atoms with Gasteiger partial charge in [0, 0.05) is 34.7 Å². The fourth-order valence-corrected chi connectivity index (χ4v) is 3.72. The van der Waals surface area contributed by atoms with Gasteiger partial charge in [-0.05, 0) is 41.9 Å². The van der Waals surface area contributed by atoms with Crippen LogP contribution in [0.3, 0.4) is 0 Å². The molecule has 0 bridgehead atoms. The maximum absolute atomic E-state index is 11.2. The molecule has 0 aromatic heterocycles. The predicted molar refractivity (Wildman–Crippen MR) is 93.2 cm³/mol. The number of para-hydroxylation sites is 1. The third kappa shape index (κ3) is 3.29. The van der Waals surface area contributed by atoms with Gasteiger partial charge in [-0.25, -0.2) is 10.5 Å². The molecule has 1 heterocycles. The molecule has 2 amide bonds. The Hall–Kier alpha value is -1.75. The number of carbonyl (C=O) groups is 1. The summed E-state index contributed by atoms with van der Waals surface area (Å²) in [6.07, 6.45) is 0. The molecule has 1 unspecified atom stereocenters. The Morgan fingerprint density at radius 3 is 2.74 bits per heavy atom. The molecule has 119 valence electrons. The molecule has 6 heteroatoms. The Morgan fingerprint density at radius 1 is 1.26 bits per heavy atom. The minimum atomic E-state index is -0.828. The largest absolute Gasteiger partial charge is 0.337 e. The fourth-order valence-electron chi connectivity index (χ4n) is 3.15. The van der Waals surface area contributed by atoms with Crippen LogP contribution in [0.5, 0.6) is 0 Å². The number of fused-ring (bicyclic) bond motifs is 1. The van der Waals surface area contributed by atoms with E-state index in [9.17, 15) is 4.79 Å². The number of urea groups is 1. The van der Waals surface area contributed by atoms with Crippen molar-refractivity contribution in [3.05, 3.63) is 63.1 Å². The number of benzene rings is 2. The topological polar surface area (TPSA) is 56.1 Å². The standard InChI is InChI=1S/C17H16Cl2N3O/c1-22-8-13(11-4-2-3-5-16(11)21-17(20)23)12-6-10(18)7-15(19)14(12)9-22/h2-7,13,20H,8-9H2,1H3,(H,21,23). The second-order valence-corrected chi connectivity index (χ2v) is 6.59. The number of carbonyl (C=O) groups excluding carboxylic acids is 1. The molecule has 3 rings (SSSR count). The zero-order valence-corrected chi connectivity index (χ0v) is 14.1. The van der Waals surface area contributed by atoms with Crippen LogP contribution in [0.15, 0.2) is 36.4 Å². The average Bonchev–Trinajstić information content (AvgIpc) is 2.47. The lowest BCUT2D eigenvalue weighted by Crippen LogP contribution is -2.31. The van der Waals surface area contributed by atoms with Crippen LogP contribution < -0.4 is 11.1 Å². The molecule has 2 aromatic carbocycles. The van der Waals surface area contributed by atoms with Crippen molar-refractivity contribution in [3.63, 3.8) is 0 Å². The molecule has 1 atom stereocenters. The van der Waals surface area contributed by atoms with Crippen molar-refractivity contribution < 1.29 is 4.79 Å². The zero-order chi connectivity index (χ0) is 16.6. The van der Waals surface area contributed by atoms with Crippen LogP contribution in [-0.4, -0.2) is 24.5 Å². The molecule has 1 aliphatic rings. The van der Waals surface area contributed by atoms with Crippen molar-refractivity contribution in [2.24, 2.45) is 0 Å². The van der Waals surface area contributed by atoms with Crippen LogP contribution in [0, 0.1) is 0 Å². The van der Waals surface area contributed by atoms with Gasteiger partial charge in [-0.1, -0.05) is 41.4 Å². The molecule has 1 aliphatic heterocycles. The number of anilines is 1. The Kier molecular flexibility index (Phi) is 4.48. The van der Waals surface area contributed by atoms with Crippen LogP contribution in [0.4, 0.5) is 10.5 Å². The number of nitrogens with one attached hydrogen (secondary N) is 2. The molecular weight excluding hydrogens is 333 g/mol. The smallest absolute Gasteiger partial charge is 0.306 e. The summed E-state index contributed by atoms with van der Waals surface area (Å²) in [5.41, 5.74) is 10.9. The Morgan fingerprint density at radius 2 is 2.00 bits per heavy atom. The van der Waals surface area contributed by atoms with E-state index >= 15 is 0 Å². The lowest BCUT2D eigenvalue weighted by Gasteiger charge is -2.34. The summed E-state index contributed by atoms with van der Waals surface area (Å²) in [6, 6.07) is 10.4. The summed E-state index contributed by atoms with van der Waals surface area (Å²) < 4.78 is 0. The average molecular weight is 349 g/mol. The number of hydrogen-bond donors (Lipinski definition) is 1. The Labute approximate surface area is 145 Å². The highest BCUT2D eigenvalue weighted by Crippen LogP contribution is 2.40. The minimum absolute atomic E-state index is 0.0306.